The number of nitrogen functional groups attached to an aromatic ring is 1. The van der Waals surface area contributed by atoms with Gasteiger partial charge in [-0.05, 0) is 56.0 Å². The fourth-order valence-electron chi connectivity index (χ4n) is 4.78. The first-order valence-electron chi connectivity index (χ1n) is 11.7. The van der Waals surface area contributed by atoms with Gasteiger partial charge < -0.3 is 30.6 Å². The fourth-order valence-corrected chi connectivity index (χ4v) is 4.78. The van der Waals surface area contributed by atoms with E-state index >= 15 is 0 Å². The minimum Gasteiger partial charge on any atom is -0.382 e. The molecular weight excluding hydrogens is 432 g/mol. The summed E-state index contributed by atoms with van der Waals surface area (Å²) in [7, 11) is 0. The second-order valence-electron chi connectivity index (χ2n) is 8.76. The van der Waals surface area contributed by atoms with Crippen molar-refractivity contribution in [1.82, 2.24) is 24.8 Å². The standard InChI is InChI=1S/C24H30N8O2/c1-2-20(33)27-17-4-3-5-19(14-17)32-15-26-21-22(25)29-24(30-23(21)32)28-16-6-8-18(9-7-16)31-10-12-34-13-11-31/h2,6-9,15,17,19H,1,3-5,10-14H2,(H,27,33)(H3,25,28,29,30). The SMILES string of the molecule is C=CC(=O)NC1CCCC(n2cnc3c(N)nc(Nc4ccc(N5CCOCC5)cc4)nc32)C1. The molecule has 1 saturated carbocycles. The molecule has 2 aromatic heterocycles. The molecule has 1 aliphatic heterocycles. The molecule has 2 unspecified atom stereocenters. The van der Waals surface area contributed by atoms with Crippen LogP contribution in [0.25, 0.3) is 11.2 Å². The third-order valence-corrected chi connectivity index (χ3v) is 6.52. The number of nitrogens with zero attached hydrogens (tertiary/aromatic N) is 5. The molecule has 0 radical (unpaired) electrons. The Kier molecular flexibility index (Phi) is 6.31. The molecule has 10 heteroatoms. The van der Waals surface area contributed by atoms with Crippen molar-refractivity contribution in [2.45, 2.75) is 37.8 Å². The zero-order chi connectivity index (χ0) is 23.5. The number of rotatable bonds is 6. The molecule has 2 fully saturated rings. The number of fused-ring (bicyclic) bond motifs is 1. The largest absolute Gasteiger partial charge is 0.382 e. The summed E-state index contributed by atoms with van der Waals surface area (Å²) >= 11 is 0. The number of nitrogens with two attached hydrogens (primary N) is 1. The maximum atomic E-state index is 11.8. The molecule has 0 spiro atoms. The van der Waals surface area contributed by atoms with Crippen LogP contribution in [-0.4, -0.2) is 57.8 Å². The number of benzene rings is 1. The smallest absolute Gasteiger partial charge is 0.243 e. The predicted octanol–water partition coefficient (Wildman–Crippen LogP) is 2.77. The molecule has 2 atom stereocenters. The lowest BCUT2D eigenvalue weighted by Crippen LogP contribution is -2.38. The minimum atomic E-state index is -0.140. The van der Waals surface area contributed by atoms with Crippen LogP contribution >= 0.6 is 0 Å². The van der Waals surface area contributed by atoms with Crippen molar-refractivity contribution in [2.24, 2.45) is 0 Å². The number of imidazole rings is 1. The lowest BCUT2D eigenvalue weighted by atomic mass is 9.90. The lowest BCUT2D eigenvalue weighted by Gasteiger charge is -2.30. The maximum Gasteiger partial charge on any atom is 0.243 e. The molecule has 3 heterocycles. The van der Waals surface area contributed by atoms with Crippen LogP contribution in [0.3, 0.4) is 0 Å². The topological polar surface area (TPSA) is 123 Å². The van der Waals surface area contributed by atoms with Crippen molar-refractivity contribution >= 4 is 40.2 Å². The van der Waals surface area contributed by atoms with Crippen LogP contribution in [0.4, 0.5) is 23.1 Å². The number of hydrogen-bond acceptors (Lipinski definition) is 8. The van der Waals surface area contributed by atoms with Crippen molar-refractivity contribution in [3.8, 4) is 0 Å². The van der Waals surface area contributed by atoms with E-state index in [2.05, 4.69) is 48.8 Å². The van der Waals surface area contributed by atoms with Crippen molar-refractivity contribution in [3.63, 3.8) is 0 Å². The first kappa shape index (κ1) is 22.1. The van der Waals surface area contributed by atoms with Gasteiger partial charge in [0.15, 0.2) is 11.5 Å². The van der Waals surface area contributed by atoms with Crippen LogP contribution in [0.5, 0.6) is 0 Å². The van der Waals surface area contributed by atoms with Crippen molar-refractivity contribution < 1.29 is 9.53 Å². The first-order valence-corrected chi connectivity index (χ1v) is 11.7. The summed E-state index contributed by atoms with van der Waals surface area (Å²) in [5.74, 6) is 0.625. The number of amides is 1. The maximum absolute atomic E-state index is 11.8. The van der Waals surface area contributed by atoms with E-state index in [0.29, 0.717) is 22.9 Å². The first-order chi connectivity index (χ1) is 16.6. The number of ether oxygens (including phenoxy) is 1. The van der Waals surface area contributed by atoms with Gasteiger partial charge in [0.05, 0.1) is 19.5 Å². The van der Waals surface area contributed by atoms with E-state index in [0.717, 1.165) is 57.7 Å². The molecule has 1 amide bonds. The average molecular weight is 463 g/mol. The highest BCUT2D eigenvalue weighted by atomic mass is 16.5. The van der Waals surface area contributed by atoms with Crippen LogP contribution in [0.1, 0.15) is 31.7 Å². The highest BCUT2D eigenvalue weighted by Gasteiger charge is 2.26. The number of anilines is 4. The summed E-state index contributed by atoms with van der Waals surface area (Å²) in [5, 5.41) is 6.30. The third kappa shape index (κ3) is 4.67. The molecule has 10 nitrogen and oxygen atoms in total. The summed E-state index contributed by atoms with van der Waals surface area (Å²) < 4.78 is 7.49. The van der Waals surface area contributed by atoms with Gasteiger partial charge in [0, 0.05) is 36.5 Å². The molecule has 5 rings (SSSR count). The summed E-state index contributed by atoms with van der Waals surface area (Å²) in [6.45, 7) is 6.84. The molecule has 3 aromatic rings. The van der Waals surface area contributed by atoms with E-state index in [-0.39, 0.29) is 18.0 Å². The Labute approximate surface area is 198 Å². The summed E-state index contributed by atoms with van der Waals surface area (Å²) in [4.78, 5) is 27.7. The number of aromatic nitrogens is 4. The van der Waals surface area contributed by atoms with Gasteiger partial charge in [-0.3, -0.25) is 4.79 Å². The van der Waals surface area contributed by atoms with Crippen LogP contribution in [0.2, 0.25) is 0 Å². The molecule has 1 aliphatic carbocycles. The van der Waals surface area contributed by atoms with E-state index in [1.165, 1.54) is 11.8 Å². The average Bonchev–Trinajstić information content (AvgIpc) is 3.30. The zero-order valence-electron chi connectivity index (χ0n) is 19.1. The molecule has 2 aliphatic rings. The minimum absolute atomic E-state index is 0.100. The number of hydrogen-bond donors (Lipinski definition) is 3. The predicted molar refractivity (Wildman–Crippen MR) is 132 cm³/mol. The van der Waals surface area contributed by atoms with Gasteiger partial charge in [-0.15, -0.1) is 0 Å². The van der Waals surface area contributed by atoms with Gasteiger partial charge in [0.2, 0.25) is 11.9 Å². The second kappa shape index (κ2) is 9.68. The molecule has 178 valence electrons. The highest BCUT2D eigenvalue weighted by Crippen LogP contribution is 2.32. The molecule has 1 aromatic carbocycles. The highest BCUT2D eigenvalue weighted by molar-refractivity contribution is 5.87. The van der Waals surface area contributed by atoms with Gasteiger partial charge in [-0.2, -0.15) is 9.97 Å². The third-order valence-electron chi connectivity index (χ3n) is 6.52. The monoisotopic (exact) mass is 462 g/mol. The van der Waals surface area contributed by atoms with Crippen LogP contribution in [-0.2, 0) is 9.53 Å². The number of carbonyl (C=O) groups excluding carboxylic acids is 1. The molecule has 4 N–H and O–H groups in total. The van der Waals surface area contributed by atoms with E-state index in [1.807, 2.05) is 12.1 Å². The fraction of sp³-hybridized carbons (Fsp3) is 0.417. The quantitative estimate of drug-likeness (QED) is 0.478. The van der Waals surface area contributed by atoms with Crippen LogP contribution < -0.4 is 21.3 Å². The molecular formula is C24H30N8O2. The Balaban J connectivity index is 1.35. The van der Waals surface area contributed by atoms with Gasteiger partial charge in [0.1, 0.15) is 5.52 Å². The molecule has 34 heavy (non-hydrogen) atoms. The van der Waals surface area contributed by atoms with Crippen LogP contribution in [0.15, 0.2) is 43.2 Å². The molecule has 0 bridgehead atoms. The Hall–Kier alpha value is -3.66. The number of nitrogens with one attached hydrogen (secondary N) is 2. The van der Waals surface area contributed by atoms with Crippen molar-refractivity contribution in [2.75, 3.05) is 42.3 Å². The summed E-state index contributed by atoms with van der Waals surface area (Å²) in [6, 6.07) is 8.46. The summed E-state index contributed by atoms with van der Waals surface area (Å²) in [5.41, 5.74) is 9.56. The van der Waals surface area contributed by atoms with Crippen LogP contribution in [0, 0.1) is 0 Å². The summed E-state index contributed by atoms with van der Waals surface area (Å²) in [6.07, 6.45) is 6.84. The van der Waals surface area contributed by atoms with E-state index < -0.39 is 0 Å². The Morgan fingerprint density at radius 1 is 1.18 bits per heavy atom. The molecule has 1 saturated heterocycles. The lowest BCUT2D eigenvalue weighted by molar-refractivity contribution is -0.117. The Bertz CT molecular complexity index is 1170. The second-order valence-corrected chi connectivity index (χ2v) is 8.76. The normalized spacial score (nSPS) is 20.8. The number of morpholine rings is 1. The van der Waals surface area contributed by atoms with Gasteiger partial charge in [0.25, 0.3) is 0 Å². The van der Waals surface area contributed by atoms with E-state index in [9.17, 15) is 4.79 Å². The number of carbonyl (C=O) groups is 1. The van der Waals surface area contributed by atoms with E-state index in [4.69, 9.17) is 15.5 Å². The Morgan fingerprint density at radius 2 is 1.97 bits per heavy atom. The van der Waals surface area contributed by atoms with Gasteiger partial charge in [-0.1, -0.05) is 6.58 Å². The van der Waals surface area contributed by atoms with Gasteiger partial charge in [-0.25, -0.2) is 4.98 Å². The van der Waals surface area contributed by atoms with E-state index in [1.54, 1.807) is 6.33 Å². The van der Waals surface area contributed by atoms with Crippen molar-refractivity contribution in [1.29, 1.82) is 0 Å². The van der Waals surface area contributed by atoms with Gasteiger partial charge >= 0.3 is 0 Å². The van der Waals surface area contributed by atoms with Crippen molar-refractivity contribution in [3.05, 3.63) is 43.2 Å². The Morgan fingerprint density at radius 3 is 2.74 bits per heavy atom. The zero-order valence-corrected chi connectivity index (χ0v) is 19.1.